The van der Waals surface area contributed by atoms with Crippen LogP contribution in [0.4, 0.5) is 0 Å². The van der Waals surface area contributed by atoms with Crippen LogP contribution in [0.2, 0.25) is 0 Å². The van der Waals surface area contributed by atoms with Crippen molar-refractivity contribution in [2.45, 2.75) is 13.3 Å². The molecule has 7 heteroatoms. The molecule has 0 saturated heterocycles. The average Bonchev–Trinajstić information content (AvgIpc) is 2.36. The fourth-order valence-corrected chi connectivity index (χ4v) is 1.21. The smallest absolute Gasteiger partial charge is 0.269 e. The normalized spacial score (nSPS) is 9.39. The van der Waals surface area contributed by atoms with E-state index in [4.69, 9.17) is 17.3 Å². The van der Waals surface area contributed by atoms with Gasteiger partial charge in [-0.1, -0.05) is 6.92 Å². The molecular formula is C11H13N3O3S. The number of nitrogens with one attached hydrogen (secondary N) is 3. The zero-order valence-electron chi connectivity index (χ0n) is 9.69. The number of hydrogen-bond acceptors (Lipinski definition) is 4. The number of carbonyl (C=O) groups is 2. The summed E-state index contributed by atoms with van der Waals surface area (Å²) in [6.45, 7) is 1.69. The Morgan fingerprint density at radius 3 is 2.39 bits per heavy atom. The molecule has 0 aliphatic rings. The van der Waals surface area contributed by atoms with Gasteiger partial charge < -0.3 is 10.4 Å². The minimum absolute atomic E-state index is 0.0222. The molecule has 0 aliphatic heterocycles. The number of phenols is 1. The predicted octanol–water partition coefficient (Wildman–Crippen LogP) is 0.438. The Morgan fingerprint density at radius 2 is 1.83 bits per heavy atom. The molecule has 6 nitrogen and oxygen atoms in total. The van der Waals surface area contributed by atoms with Crippen LogP contribution < -0.4 is 16.2 Å². The lowest BCUT2D eigenvalue weighted by Gasteiger charge is -2.10. The van der Waals surface area contributed by atoms with E-state index < -0.39 is 5.91 Å². The number of hydrazine groups is 1. The van der Waals surface area contributed by atoms with Crippen molar-refractivity contribution in [3.05, 3.63) is 29.8 Å². The molecule has 1 aromatic rings. The van der Waals surface area contributed by atoms with Crippen molar-refractivity contribution in [1.29, 1.82) is 0 Å². The quantitative estimate of drug-likeness (QED) is 0.461. The molecule has 0 fully saturated rings. The summed E-state index contributed by atoms with van der Waals surface area (Å²) in [4.78, 5) is 22.6. The maximum atomic E-state index is 11.6. The van der Waals surface area contributed by atoms with Gasteiger partial charge >= 0.3 is 0 Å². The van der Waals surface area contributed by atoms with Crippen LogP contribution in [0.15, 0.2) is 24.3 Å². The van der Waals surface area contributed by atoms with Gasteiger partial charge in [-0.05, 0) is 36.5 Å². The van der Waals surface area contributed by atoms with Crippen molar-refractivity contribution in [2.75, 3.05) is 0 Å². The standard InChI is InChI=1S/C11H13N3O3S/c1-2-9(16)12-11(18)14-13-10(17)7-3-5-8(15)6-4-7/h3-6,15H,2H2,1H3,(H,13,17)(H2,12,14,16,18). The van der Waals surface area contributed by atoms with E-state index in [1.807, 2.05) is 0 Å². The van der Waals surface area contributed by atoms with Crippen LogP contribution in [0.3, 0.4) is 0 Å². The van der Waals surface area contributed by atoms with Crippen LogP contribution in [-0.2, 0) is 4.79 Å². The minimum atomic E-state index is -0.428. The SMILES string of the molecule is CCC(=O)NC(=S)NNC(=O)c1ccc(O)cc1. The van der Waals surface area contributed by atoms with Crippen molar-refractivity contribution < 1.29 is 14.7 Å². The van der Waals surface area contributed by atoms with Gasteiger partial charge in [-0.2, -0.15) is 0 Å². The number of aromatic hydroxyl groups is 1. The van der Waals surface area contributed by atoms with E-state index >= 15 is 0 Å². The summed E-state index contributed by atoms with van der Waals surface area (Å²) in [5.41, 5.74) is 5.07. The van der Waals surface area contributed by atoms with Crippen LogP contribution in [-0.4, -0.2) is 22.0 Å². The molecule has 0 bridgehead atoms. The zero-order valence-corrected chi connectivity index (χ0v) is 10.5. The molecule has 0 radical (unpaired) electrons. The average molecular weight is 267 g/mol. The molecule has 0 spiro atoms. The number of amides is 2. The Bertz CT molecular complexity index is 459. The molecular weight excluding hydrogens is 254 g/mol. The highest BCUT2D eigenvalue weighted by Crippen LogP contribution is 2.08. The molecule has 4 N–H and O–H groups in total. The largest absolute Gasteiger partial charge is 0.508 e. The lowest BCUT2D eigenvalue weighted by Crippen LogP contribution is -2.48. The Hall–Kier alpha value is -2.15. The molecule has 96 valence electrons. The van der Waals surface area contributed by atoms with Crippen LogP contribution in [0.5, 0.6) is 5.75 Å². The van der Waals surface area contributed by atoms with Gasteiger partial charge in [0.1, 0.15) is 5.75 Å². The van der Waals surface area contributed by atoms with E-state index in [9.17, 15) is 9.59 Å². The lowest BCUT2D eigenvalue weighted by atomic mass is 10.2. The molecule has 1 rings (SSSR count). The monoisotopic (exact) mass is 267 g/mol. The number of thiocarbonyl (C=S) groups is 1. The van der Waals surface area contributed by atoms with Crippen molar-refractivity contribution in [2.24, 2.45) is 0 Å². The van der Waals surface area contributed by atoms with Crippen LogP contribution in [0, 0.1) is 0 Å². The Labute approximate surface area is 109 Å². The second-order valence-corrected chi connectivity index (χ2v) is 3.77. The molecule has 0 unspecified atom stereocenters. The third-order valence-electron chi connectivity index (χ3n) is 1.99. The van der Waals surface area contributed by atoms with Crippen molar-refractivity contribution in [3.63, 3.8) is 0 Å². The fourth-order valence-electron chi connectivity index (χ4n) is 1.04. The van der Waals surface area contributed by atoms with Gasteiger partial charge in [-0.25, -0.2) is 0 Å². The summed E-state index contributed by atoms with van der Waals surface area (Å²) in [6, 6.07) is 5.71. The van der Waals surface area contributed by atoms with E-state index in [1.54, 1.807) is 6.92 Å². The highest BCUT2D eigenvalue weighted by molar-refractivity contribution is 7.80. The molecule has 0 aromatic heterocycles. The summed E-state index contributed by atoms with van der Waals surface area (Å²) in [5.74, 6) is -0.597. The number of benzene rings is 1. The molecule has 0 saturated carbocycles. The second kappa shape index (κ2) is 6.55. The van der Waals surface area contributed by atoms with Crippen LogP contribution in [0.25, 0.3) is 0 Å². The van der Waals surface area contributed by atoms with Gasteiger partial charge in [0.25, 0.3) is 5.91 Å². The Morgan fingerprint density at radius 1 is 1.22 bits per heavy atom. The van der Waals surface area contributed by atoms with Gasteiger partial charge in [-0.3, -0.25) is 20.4 Å². The maximum absolute atomic E-state index is 11.6. The van der Waals surface area contributed by atoms with Gasteiger partial charge in [0.2, 0.25) is 5.91 Å². The third-order valence-corrected chi connectivity index (χ3v) is 2.20. The van der Waals surface area contributed by atoms with Gasteiger partial charge in [-0.15, -0.1) is 0 Å². The van der Waals surface area contributed by atoms with Crippen LogP contribution >= 0.6 is 12.2 Å². The highest BCUT2D eigenvalue weighted by Gasteiger charge is 2.06. The molecule has 18 heavy (non-hydrogen) atoms. The van der Waals surface area contributed by atoms with E-state index in [1.165, 1.54) is 24.3 Å². The van der Waals surface area contributed by atoms with E-state index in [0.717, 1.165) is 0 Å². The minimum Gasteiger partial charge on any atom is -0.508 e. The summed E-state index contributed by atoms with van der Waals surface area (Å²) in [7, 11) is 0. The number of rotatable bonds is 2. The highest BCUT2D eigenvalue weighted by atomic mass is 32.1. The van der Waals surface area contributed by atoms with E-state index in [0.29, 0.717) is 12.0 Å². The Balaban J connectivity index is 2.44. The van der Waals surface area contributed by atoms with Crippen molar-refractivity contribution in [1.82, 2.24) is 16.2 Å². The zero-order chi connectivity index (χ0) is 13.5. The summed E-state index contributed by atoms with van der Waals surface area (Å²) < 4.78 is 0. The predicted molar refractivity (Wildman–Crippen MR) is 69.7 cm³/mol. The summed E-state index contributed by atoms with van der Waals surface area (Å²) in [6.07, 6.45) is 0.299. The second-order valence-electron chi connectivity index (χ2n) is 3.36. The molecule has 0 heterocycles. The summed E-state index contributed by atoms with van der Waals surface area (Å²) in [5, 5.41) is 11.5. The van der Waals surface area contributed by atoms with Gasteiger partial charge in [0, 0.05) is 12.0 Å². The molecule has 0 atom stereocenters. The number of hydrogen-bond donors (Lipinski definition) is 4. The number of phenolic OH excluding ortho intramolecular Hbond substituents is 1. The molecule has 1 aromatic carbocycles. The fraction of sp³-hybridized carbons (Fsp3) is 0.182. The molecule has 2 amide bonds. The maximum Gasteiger partial charge on any atom is 0.269 e. The Kier molecular flexibility index (Phi) is 5.06. The topological polar surface area (TPSA) is 90.5 Å². The first kappa shape index (κ1) is 13.9. The first-order valence-electron chi connectivity index (χ1n) is 5.22. The van der Waals surface area contributed by atoms with Crippen molar-refractivity contribution >= 4 is 29.1 Å². The number of carbonyl (C=O) groups excluding carboxylic acids is 2. The first-order valence-corrected chi connectivity index (χ1v) is 5.63. The van der Waals surface area contributed by atoms with Crippen LogP contribution in [0.1, 0.15) is 23.7 Å². The first-order chi connectivity index (χ1) is 8.52. The molecule has 0 aliphatic carbocycles. The van der Waals surface area contributed by atoms with E-state index in [-0.39, 0.29) is 16.8 Å². The third kappa shape index (κ3) is 4.38. The van der Waals surface area contributed by atoms with Gasteiger partial charge in [0.15, 0.2) is 5.11 Å². The van der Waals surface area contributed by atoms with Crippen molar-refractivity contribution in [3.8, 4) is 5.75 Å². The van der Waals surface area contributed by atoms with E-state index in [2.05, 4.69) is 16.2 Å². The lowest BCUT2D eigenvalue weighted by molar-refractivity contribution is -0.119. The van der Waals surface area contributed by atoms with Gasteiger partial charge in [0.05, 0.1) is 0 Å². The summed E-state index contributed by atoms with van der Waals surface area (Å²) >= 11 is 4.79.